The highest BCUT2D eigenvalue weighted by Gasteiger charge is 2.39. The molecular weight excluding hydrogens is 688 g/mol. The number of rotatable bonds is 8. The van der Waals surface area contributed by atoms with Gasteiger partial charge in [0.2, 0.25) is 11.8 Å². The molecule has 49 heavy (non-hydrogen) atoms. The minimum atomic E-state index is -0.589. The molecule has 7 rings (SSSR count). The molecule has 3 atom stereocenters. The molecule has 13 heteroatoms. The fraction of sp³-hybridized carbons (Fsp3) is 0.472. The molecule has 3 fully saturated rings. The second-order valence-electron chi connectivity index (χ2n) is 14.0. The first-order chi connectivity index (χ1) is 23.6. The Morgan fingerprint density at radius 2 is 1.61 bits per heavy atom. The van der Waals surface area contributed by atoms with Crippen LogP contribution in [0.2, 0.25) is 0 Å². The van der Waals surface area contributed by atoms with Crippen LogP contribution in [0.15, 0.2) is 57.9 Å². The van der Waals surface area contributed by atoms with Crippen molar-refractivity contribution in [3.8, 4) is 0 Å². The van der Waals surface area contributed by atoms with Crippen LogP contribution in [-0.4, -0.2) is 106 Å². The SMILES string of the molecule is CN1C[C@@H](Nc2cnn(C)c(=O)c2Br)C[C@@H](c2ccc(CN3CCN(Cc4ccc5c(c4)CN(C4CCC(=O)NC4=O)C5=O)CC3)cc2)C1. The molecule has 2 aromatic carbocycles. The number of aromatic nitrogens is 2. The number of hydrogen-bond acceptors (Lipinski definition) is 9. The van der Waals surface area contributed by atoms with Crippen LogP contribution < -0.4 is 16.2 Å². The number of nitrogens with zero attached hydrogens (tertiary/aromatic N) is 6. The van der Waals surface area contributed by atoms with E-state index in [1.807, 2.05) is 12.1 Å². The first-order valence-corrected chi connectivity index (χ1v) is 17.9. The van der Waals surface area contributed by atoms with Crippen molar-refractivity contribution in [3.63, 3.8) is 0 Å². The van der Waals surface area contributed by atoms with E-state index in [1.165, 1.54) is 21.4 Å². The van der Waals surface area contributed by atoms with Gasteiger partial charge in [-0.25, -0.2) is 4.68 Å². The molecule has 4 aliphatic rings. The number of halogens is 1. The molecule has 0 aliphatic carbocycles. The largest absolute Gasteiger partial charge is 0.379 e. The molecule has 0 radical (unpaired) electrons. The minimum absolute atomic E-state index is 0.131. The number of likely N-dealkylation sites (N-methyl/N-ethyl adjacent to an activating group) is 1. The predicted molar refractivity (Wildman–Crippen MR) is 189 cm³/mol. The van der Waals surface area contributed by atoms with Crippen molar-refractivity contribution < 1.29 is 14.4 Å². The molecule has 3 saturated heterocycles. The second-order valence-corrected chi connectivity index (χ2v) is 14.8. The third-order valence-electron chi connectivity index (χ3n) is 10.4. The lowest BCUT2D eigenvalue weighted by Crippen LogP contribution is -2.52. The van der Waals surface area contributed by atoms with Gasteiger partial charge in [-0.2, -0.15) is 5.10 Å². The fourth-order valence-electron chi connectivity index (χ4n) is 7.74. The lowest BCUT2D eigenvalue weighted by atomic mass is 9.87. The maximum atomic E-state index is 13.1. The first-order valence-electron chi connectivity index (χ1n) is 17.1. The van der Waals surface area contributed by atoms with Gasteiger partial charge in [-0.3, -0.25) is 34.3 Å². The van der Waals surface area contributed by atoms with Crippen molar-refractivity contribution in [2.45, 2.75) is 56.9 Å². The van der Waals surface area contributed by atoms with E-state index in [1.54, 1.807) is 18.1 Å². The molecule has 12 nitrogen and oxygen atoms in total. The van der Waals surface area contributed by atoms with Crippen molar-refractivity contribution in [2.24, 2.45) is 7.05 Å². The maximum absolute atomic E-state index is 13.1. The molecule has 4 aliphatic heterocycles. The minimum Gasteiger partial charge on any atom is -0.379 e. The standard InChI is InChI=1S/C36H43BrN8O4/c1-41-20-26(16-28(22-41)39-30-17-38-42(2)36(49)33(30)37)25-6-3-23(4-7-25)18-43-11-13-44(14-12-43)19-24-5-8-29-27(15-24)21-45(35(29)48)31-9-10-32(46)40-34(31)47/h3-8,15,17,26,28,31,39H,9-14,16,18-22H2,1-2H3,(H,40,46,47)/t26-,28+,31?/m1/s1. The number of hydrogen-bond donors (Lipinski definition) is 2. The van der Waals surface area contributed by atoms with E-state index in [4.69, 9.17) is 0 Å². The summed E-state index contributed by atoms with van der Waals surface area (Å²) >= 11 is 3.44. The van der Waals surface area contributed by atoms with Gasteiger partial charge in [0.25, 0.3) is 11.5 Å². The van der Waals surface area contributed by atoms with E-state index >= 15 is 0 Å². The van der Waals surface area contributed by atoms with Crippen LogP contribution >= 0.6 is 15.9 Å². The summed E-state index contributed by atoms with van der Waals surface area (Å²) in [6.07, 6.45) is 3.32. The topological polar surface area (TPSA) is 123 Å². The van der Waals surface area contributed by atoms with Crippen molar-refractivity contribution >= 4 is 39.3 Å². The van der Waals surface area contributed by atoms with Gasteiger partial charge in [0, 0.05) is 84.0 Å². The fourth-order valence-corrected chi connectivity index (χ4v) is 8.21. The van der Waals surface area contributed by atoms with Crippen LogP contribution in [0, 0.1) is 0 Å². The smallest absolute Gasteiger partial charge is 0.282 e. The number of benzene rings is 2. The molecule has 1 unspecified atom stereocenters. The van der Waals surface area contributed by atoms with Crippen molar-refractivity contribution in [3.05, 3.63) is 91.3 Å². The number of anilines is 1. The summed E-state index contributed by atoms with van der Waals surface area (Å²) in [4.78, 5) is 58.3. The van der Waals surface area contributed by atoms with E-state index in [9.17, 15) is 19.2 Å². The zero-order valence-corrected chi connectivity index (χ0v) is 29.6. The van der Waals surface area contributed by atoms with E-state index in [0.717, 1.165) is 70.0 Å². The molecule has 3 aromatic rings. The highest BCUT2D eigenvalue weighted by atomic mass is 79.9. The second kappa shape index (κ2) is 14.1. The normalized spacial score (nSPS) is 23.9. The average Bonchev–Trinajstić information content (AvgIpc) is 3.41. The number of aryl methyl sites for hydroxylation is 1. The Morgan fingerprint density at radius 3 is 2.33 bits per heavy atom. The highest BCUT2D eigenvalue weighted by Crippen LogP contribution is 2.31. The van der Waals surface area contributed by atoms with Gasteiger partial charge >= 0.3 is 0 Å². The van der Waals surface area contributed by atoms with E-state index in [-0.39, 0.29) is 35.7 Å². The number of piperazine rings is 1. The molecule has 3 amide bonds. The summed E-state index contributed by atoms with van der Waals surface area (Å²) in [6.45, 7) is 7.96. The van der Waals surface area contributed by atoms with Crippen LogP contribution in [0.1, 0.15) is 57.8 Å². The van der Waals surface area contributed by atoms with Gasteiger partial charge in [-0.05, 0) is 70.1 Å². The van der Waals surface area contributed by atoms with Crippen LogP contribution in [0.25, 0.3) is 0 Å². The summed E-state index contributed by atoms with van der Waals surface area (Å²) < 4.78 is 1.84. The predicted octanol–water partition coefficient (Wildman–Crippen LogP) is 2.52. The molecule has 1 aromatic heterocycles. The van der Waals surface area contributed by atoms with Crippen LogP contribution in [-0.2, 0) is 36.3 Å². The van der Waals surface area contributed by atoms with E-state index in [2.05, 4.69) is 83.7 Å². The van der Waals surface area contributed by atoms with Gasteiger partial charge in [-0.1, -0.05) is 36.4 Å². The molecule has 0 spiro atoms. The van der Waals surface area contributed by atoms with Crippen LogP contribution in [0.5, 0.6) is 0 Å². The number of amides is 3. The number of fused-ring (bicyclic) bond motifs is 1. The Morgan fingerprint density at radius 1 is 0.918 bits per heavy atom. The molecule has 2 N–H and O–H groups in total. The van der Waals surface area contributed by atoms with E-state index < -0.39 is 6.04 Å². The molecule has 5 heterocycles. The Bertz CT molecular complexity index is 1810. The number of likely N-dealkylation sites (tertiary alicyclic amines) is 1. The summed E-state index contributed by atoms with van der Waals surface area (Å²) in [5.74, 6) is -0.390. The summed E-state index contributed by atoms with van der Waals surface area (Å²) in [5.41, 5.74) is 6.02. The lowest BCUT2D eigenvalue weighted by molar-refractivity contribution is -0.136. The Balaban J connectivity index is 0.893. The quantitative estimate of drug-likeness (QED) is 0.337. The average molecular weight is 732 g/mol. The van der Waals surface area contributed by atoms with Gasteiger partial charge in [0.15, 0.2) is 0 Å². The van der Waals surface area contributed by atoms with Crippen molar-refractivity contribution in [1.29, 1.82) is 0 Å². The Kier molecular flexibility index (Phi) is 9.69. The van der Waals surface area contributed by atoms with Crippen LogP contribution in [0.4, 0.5) is 5.69 Å². The lowest BCUT2D eigenvalue weighted by Gasteiger charge is -2.37. The number of imide groups is 1. The van der Waals surface area contributed by atoms with Gasteiger partial charge in [0.05, 0.1) is 11.9 Å². The maximum Gasteiger partial charge on any atom is 0.282 e. The van der Waals surface area contributed by atoms with Gasteiger partial charge in [-0.15, -0.1) is 0 Å². The third kappa shape index (κ3) is 7.35. The third-order valence-corrected chi connectivity index (χ3v) is 11.2. The molecule has 258 valence electrons. The first kappa shape index (κ1) is 33.6. The van der Waals surface area contributed by atoms with Gasteiger partial charge < -0.3 is 15.1 Å². The molecule has 0 saturated carbocycles. The zero-order chi connectivity index (χ0) is 34.2. The summed E-state index contributed by atoms with van der Waals surface area (Å²) in [6, 6.07) is 14.7. The van der Waals surface area contributed by atoms with Crippen LogP contribution in [0.3, 0.4) is 0 Å². The number of nitrogens with one attached hydrogen (secondary N) is 2. The van der Waals surface area contributed by atoms with Crippen molar-refractivity contribution in [2.75, 3.05) is 51.6 Å². The Hall–Kier alpha value is -3.91. The number of carbonyl (C=O) groups excluding carboxylic acids is 3. The summed E-state index contributed by atoms with van der Waals surface area (Å²) in [7, 11) is 3.80. The Labute approximate surface area is 294 Å². The van der Waals surface area contributed by atoms with Crippen molar-refractivity contribution in [1.82, 2.24) is 34.7 Å². The zero-order valence-electron chi connectivity index (χ0n) is 28.0. The number of piperidine rings is 2. The summed E-state index contributed by atoms with van der Waals surface area (Å²) in [5, 5.41) is 10.1. The molecular formula is C36H43BrN8O4. The molecule has 0 bridgehead atoms. The van der Waals surface area contributed by atoms with E-state index in [0.29, 0.717) is 28.9 Å². The monoisotopic (exact) mass is 730 g/mol. The highest BCUT2D eigenvalue weighted by molar-refractivity contribution is 9.10. The number of carbonyl (C=O) groups is 3. The van der Waals surface area contributed by atoms with Gasteiger partial charge in [0.1, 0.15) is 10.5 Å².